The van der Waals surface area contributed by atoms with E-state index in [2.05, 4.69) is 99.8 Å². The number of hydrogen-bond donors (Lipinski definition) is 1. The largest absolute Gasteiger partial charge is 0.489 e. The first-order valence-corrected chi connectivity index (χ1v) is 16.3. The third-order valence-electron chi connectivity index (χ3n) is 8.59. The van der Waals surface area contributed by atoms with Gasteiger partial charge < -0.3 is 15.0 Å². The third kappa shape index (κ3) is 6.54. The molecule has 0 aliphatic carbocycles. The first kappa shape index (κ1) is 28.4. The highest BCUT2D eigenvalue weighted by atomic mass is 79.9. The molecule has 1 N–H and O–H groups in total. The van der Waals surface area contributed by atoms with E-state index in [1.165, 1.54) is 22.3 Å². The Bertz CT molecular complexity index is 1520. The maximum atomic E-state index is 13.5. The van der Waals surface area contributed by atoms with Crippen LogP contribution in [0.25, 0.3) is 21.2 Å². The first-order valence-electron chi connectivity index (χ1n) is 14.7. The summed E-state index contributed by atoms with van der Waals surface area (Å²) in [5.41, 5.74) is 4.99. The molecule has 5 nitrogen and oxygen atoms in total. The van der Waals surface area contributed by atoms with Crippen molar-refractivity contribution < 1.29 is 9.53 Å². The zero-order valence-electron chi connectivity index (χ0n) is 23.9. The summed E-state index contributed by atoms with van der Waals surface area (Å²) in [6, 6.07) is 23.8. The number of piperidine rings is 2. The van der Waals surface area contributed by atoms with Crippen molar-refractivity contribution in [3.8, 4) is 16.9 Å². The molecule has 2 saturated heterocycles. The number of halogens is 1. The number of benzene rings is 3. The smallest absolute Gasteiger partial charge is 0.263 e. The zero-order valence-corrected chi connectivity index (χ0v) is 26.3. The molecule has 6 rings (SSSR count). The minimum Gasteiger partial charge on any atom is -0.489 e. The molecule has 3 heterocycles. The molecule has 214 valence electrons. The Hall–Kier alpha value is -2.71. The molecule has 0 saturated carbocycles. The van der Waals surface area contributed by atoms with Gasteiger partial charge in [0.25, 0.3) is 5.91 Å². The van der Waals surface area contributed by atoms with Crippen molar-refractivity contribution in [1.82, 2.24) is 15.1 Å². The molecule has 4 aromatic rings. The normalized spacial score (nSPS) is 17.1. The molecular formula is C34H38BrN3O2S. The highest BCUT2D eigenvalue weighted by molar-refractivity contribution is 9.10. The van der Waals surface area contributed by atoms with E-state index in [4.69, 9.17) is 4.74 Å². The van der Waals surface area contributed by atoms with Crippen LogP contribution in [0.1, 0.15) is 46.5 Å². The first-order chi connectivity index (χ1) is 19.9. The van der Waals surface area contributed by atoms with Crippen LogP contribution in [0.2, 0.25) is 0 Å². The fraction of sp³-hybridized carbons (Fsp3) is 0.382. The summed E-state index contributed by atoms with van der Waals surface area (Å²) >= 11 is 5.34. The van der Waals surface area contributed by atoms with E-state index in [0.717, 1.165) is 83.6 Å². The lowest BCUT2D eigenvalue weighted by atomic mass is 10.00. The summed E-state index contributed by atoms with van der Waals surface area (Å²) in [4.78, 5) is 18.8. The Labute approximate surface area is 255 Å². The molecule has 0 radical (unpaired) electrons. The molecule has 7 heteroatoms. The molecule has 0 spiro atoms. The standard InChI is InChI=1S/C34H38BrN3O2S/c1-23-5-3-4-6-29(23)25-8-9-26-21-33(41-32(26)20-25)34(39)37(2)27-13-17-38(18-14-27)22-24-7-10-31(30(35)19-24)40-28-11-15-36-16-12-28/h3-10,19-21,27-28,36H,11-18,22H2,1-2H3. The second-order valence-corrected chi connectivity index (χ2v) is 13.4. The topological polar surface area (TPSA) is 44.8 Å². The van der Waals surface area contributed by atoms with E-state index in [0.29, 0.717) is 6.10 Å². The van der Waals surface area contributed by atoms with Gasteiger partial charge in [-0.05, 0) is 114 Å². The molecule has 41 heavy (non-hydrogen) atoms. The average molecular weight is 633 g/mol. The molecule has 2 fully saturated rings. The lowest BCUT2D eigenvalue weighted by Gasteiger charge is -2.36. The van der Waals surface area contributed by atoms with E-state index in [-0.39, 0.29) is 11.9 Å². The lowest BCUT2D eigenvalue weighted by molar-refractivity contribution is 0.0641. The van der Waals surface area contributed by atoms with E-state index in [1.807, 2.05) is 11.9 Å². The number of thiophene rings is 1. The number of nitrogens with one attached hydrogen (secondary N) is 1. The molecule has 1 amide bonds. The molecule has 2 aliphatic rings. The predicted octanol–water partition coefficient (Wildman–Crippen LogP) is 7.51. The van der Waals surface area contributed by atoms with Gasteiger partial charge in [0.05, 0.1) is 9.35 Å². The summed E-state index contributed by atoms with van der Waals surface area (Å²) in [6.45, 7) is 7.08. The van der Waals surface area contributed by atoms with Gasteiger partial charge in [0.1, 0.15) is 11.9 Å². The fourth-order valence-corrected chi connectivity index (χ4v) is 7.70. The quantitative estimate of drug-likeness (QED) is 0.229. The summed E-state index contributed by atoms with van der Waals surface area (Å²) in [5, 5.41) is 4.53. The van der Waals surface area contributed by atoms with Crippen LogP contribution in [0.15, 0.2) is 71.2 Å². The monoisotopic (exact) mass is 631 g/mol. The lowest BCUT2D eigenvalue weighted by Crippen LogP contribution is -2.45. The number of ether oxygens (including phenoxy) is 1. The zero-order chi connectivity index (χ0) is 28.3. The van der Waals surface area contributed by atoms with Gasteiger partial charge in [-0.1, -0.05) is 42.5 Å². The molecule has 0 unspecified atom stereocenters. The van der Waals surface area contributed by atoms with Crippen LogP contribution in [0.3, 0.4) is 0 Å². The molecule has 3 aromatic carbocycles. The molecular weight excluding hydrogens is 594 g/mol. The van der Waals surface area contributed by atoms with Crippen LogP contribution in [0, 0.1) is 6.92 Å². The van der Waals surface area contributed by atoms with E-state index in [9.17, 15) is 4.79 Å². The van der Waals surface area contributed by atoms with Gasteiger partial charge >= 0.3 is 0 Å². The molecule has 1 aromatic heterocycles. The van der Waals surface area contributed by atoms with Crippen LogP contribution in [-0.4, -0.2) is 61.1 Å². The van der Waals surface area contributed by atoms with Gasteiger partial charge in [0, 0.05) is 37.4 Å². The van der Waals surface area contributed by atoms with Gasteiger partial charge in [-0.25, -0.2) is 0 Å². The molecule has 0 bridgehead atoms. The minimum atomic E-state index is 0.135. The van der Waals surface area contributed by atoms with Crippen molar-refractivity contribution in [2.24, 2.45) is 0 Å². The summed E-state index contributed by atoms with van der Waals surface area (Å²) in [7, 11) is 1.98. The third-order valence-corrected chi connectivity index (χ3v) is 10.3. The number of carbonyl (C=O) groups is 1. The van der Waals surface area contributed by atoms with Crippen LogP contribution in [-0.2, 0) is 6.54 Å². The predicted molar refractivity (Wildman–Crippen MR) is 173 cm³/mol. The number of hydrogen-bond acceptors (Lipinski definition) is 5. The highest BCUT2D eigenvalue weighted by Crippen LogP contribution is 2.33. The summed E-state index contributed by atoms with van der Waals surface area (Å²) in [6.07, 6.45) is 4.38. The van der Waals surface area contributed by atoms with Crippen LogP contribution < -0.4 is 10.1 Å². The number of carbonyl (C=O) groups excluding carboxylic acids is 1. The van der Waals surface area contributed by atoms with Gasteiger partial charge in [0.2, 0.25) is 0 Å². The van der Waals surface area contributed by atoms with Crippen LogP contribution in [0.4, 0.5) is 0 Å². The van der Waals surface area contributed by atoms with Gasteiger partial charge in [0.15, 0.2) is 0 Å². The Morgan fingerprint density at radius 1 is 1.02 bits per heavy atom. The van der Waals surface area contributed by atoms with E-state index < -0.39 is 0 Å². The average Bonchev–Trinajstić information content (AvgIpc) is 3.43. The van der Waals surface area contributed by atoms with Crippen molar-refractivity contribution in [2.75, 3.05) is 33.2 Å². The number of likely N-dealkylation sites (tertiary alicyclic amines) is 1. The van der Waals surface area contributed by atoms with Crippen LogP contribution in [0.5, 0.6) is 5.75 Å². The fourth-order valence-electron chi connectivity index (χ4n) is 6.09. The van der Waals surface area contributed by atoms with Crippen molar-refractivity contribution >= 4 is 43.3 Å². The molecule has 2 aliphatic heterocycles. The Balaban J connectivity index is 1.04. The van der Waals surface area contributed by atoms with E-state index in [1.54, 1.807) is 11.3 Å². The van der Waals surface area contributed by atoms with Crippen molar-refractivity contribution in [3.05, 3.63) is 87.2 Å². The van der Waals surface area contributed by atoms with Gasteiger partial charge in [-0.2, -0.15) is 0 Å². The number of amides is 1. The number of nitrogens with zero attached hydrogens (tertiary/aromatic N) is 2. The van der Waals surface area contributed by atoms with E-state index >= 15 is 0 Å². The van der Waals surface area contributed by atoms with Gasteiger partial charge in [-0.3, -0.25) is 9.69 Å². The van der Waals surface area contributed by atoms with Gasteiger partial charge in [-0.15, -0.1) is 11.3 Å². The highest BCUT2D eigenvalue weighted by Gasteiger charge is 2.27. The van der Waals surface area contributed by atoms with Crippen molar-refractivity contribution in [2.45, 2.75) is 51.3 Å². The Kier molecular flexibility index (Phi) is 8.77. The summed E-state index contributed by atoms with van der Waals surface area (Å²) < 4.78 is 8.44. The maximum Gasteiger partial charge on any atom is 0.263 e. The number of fused-ring (bicyclic) bond motifs is 1. The summed E-state index contributed by atoms with van der Waals surface area (Å²) in [5.74, 6) is 1.07. The SMILES string of the molecule is Cc1ccccc1-c1ccc2cc(C(=O)N(C)C3CCN(Cc4ccc(OC5CCNCC5)c(Br)c4)CC3)sc2c1. The number of aryl methyl sites for hydroxylation is 1. The maximum absolute atomic E-state index is 13.5. The number of rotatable bonds is 7. The minimum absolute atomic E-state index is 0.135. The Morgan fingerprint density at radius 2 is 1.80 bits per heavy atom. The van der Waals surface area contributed by atoms with Crippen LogP contribution >= 0.6 is 27.3 Å². The molecule has 0 atom stereocenters. The van der Waals surface area contributed by atoms with Crippen molar-refractivity contribution in [3.63, 3.8) is 0 Å². The second-order valence-electron chi connectivity index (χ2n) is 11.4. The second kappa shape index (κ2) is 12.7. The van der Waals surface area contributed by atoms with Crippen molar-refractivity contribution in [1.29, 1.82) is 0 Å². The Morgan fingerprint density at radius 3 is 2.56 bits per heavy atom.